The third-order valence-electron chi connectivity index (χ3n) is 19.7. The zero-order valence-corrected chi connectivity index (χ0v) is 41.2. The Morgan fingerprint density at radius 2 is 0.848 bits per heavy atom. The van der Waals surface area contributed by atoms with Crippen molar-refractivity contribution in [3.63, 3.8) is 0 Å². The molecule has 0 aromatic heterocycles. The SMILES string of the molecule is CCC(CC)CCCN1C(=O)c2ccc3c4c(SC56CC7CC(CC5C7)C6)cc5c6c(ccc(c7c(SC89CC%10CC(CC8C%10)C9)cc(c2c37)C1=O)c64)C(=O)N(CCCC(CC)CC)C5=O. The number of carbonyl (C=O) groups excluding carboxylic acids is 4. The monoisotopic (exact) mass is 918 g/mol. The first kappa shape index (κ1) is 42.5. The number of imide groups is 2. The van der Waals surface area contributed by atoms with Crippen LogP contribution in [-0.4, -0.2) is 56.0 Å². The number of rotatable bonds is 16. The van der Waals surface area contributed by atoms with Crippen LogP contribution in [0, 0.1) is 47.3 Å². The van der Waals surface area contributed by atoms with E-state index in [2.05, 4.69) is 75.5 Å². The Bertz CT molecular complexity index is 2690. The summed E-state index contributed by atoms with van der Waals surface area (Å²) in [5, 5.41) is 8.01. The van der Waals surface area contributed by atoms with Crippen molar-refractivity contribution in [3.05, 3.63) is 58.7 Å². The van der Waals surface area contributed by atoms with Gasteiger partial charge in [0.1, 0.15) is 0 Å². The van der Waals surface area contributed by atoms with E-state index in [1.165, 1.54) is 64.2 Å². The number of hydrogen-bond donors (Lipinski definition) is 0. The van der Waals surface area contributed by atoms with Crippen molar-refractivity contribution < 1.29 is 19.2 Å². The van der Waals surface area contributed by atoms with Crippen LogP contribution in [0.5, 0.6) is 0 Å². The first-order valence-electron chi connectivity index (χ1n) is 26.4. The summed E-state index contributed by atoms with van der Waals surface area (Å²) in [7, 11) is 0. The minimum Gasteiger partial charge on any atom is -0.274 e. The lowest BCUT2D eigenvalue weighted by molar-refractivity contribution is 0.0590. The predicted molar refractivity (Wildman–Crippen MR) is 269 cm³/mol. The highest BCUT2D eigenvalue weighted by Crippen LogP contribution is 2.70. The number of fused-ring (bicyclic) bond motifs is 2. The van der Waals surface area contributed by atoms with Gasteiger partial charge in [0.25, 0.3) is 23.6 Å². The van der Waals surface area contributed by atoms with Crippen molar-refractivity contribution >= 4 is 90.2 Å². The minimum atomic E-state index is -0.177. The second kappa shape index (κ2) is 15.4. The molecule has 0 N–H and O–H groups in total. The normalized spacial score (nSPS) is 30.4. The van der Waals surface area contributed by atoms with Gasteiger partial charge in [-0.25, -0.2) is 0 Å². The van der Waals surface area contributed by atoms with Crippen molar-refractivity contribution in [3.8, 4) is 0 Å². The molecule has 4 amide bonds. The number of amides is 4. The van der Waals surface area contributed by atoms with Crippen LogP contribution >= 0.6 is 23.5 Å². The number of thioether (sulfide) groups is 2. The van der Waals surface area contributed by atoms with Crippen LogP contribution < -0.4 is 0 Å². The van der Waals surface area contributed by atoms with Gasteiger partial charge in [-0.05, 0) is 172 Å². The highest BCUT2D eigenvalue weighted by atomic mass is 32.2. The summed E-state index contributed by atoms with van der Waals surface area (Å²) in [6.45, 7) is 9.83. The van der Waals surface area contributed by atoms with Crippen LogP contribution in [0.3, 0.4) is 0 Å². The zero-order valence-electron chi connectivity index (χ0n) is 39.6. The van der Waals surface area contributed by atoms with Crippen LogP contribution in [0.15, 0.2) is 46.2 Å². The van der Waals surface area contributed by atoms with Crippen LogP contribution in [0.4, 0.5) is 0 Å². The van der Waals surface area contributed by atoms with E-state index in [1.807, 2.05) is 12.1 Å². The number of benzene rings is 5. The Balaban J connectivity index is 1.05. The quantitative estimate of drug-likeness (QED) is 0.0558. The van der Waals surface area contributed by atoms with Gasteiger partial charge in [0.15, 0.2) is 0 Å². The fourth-order valence-electron chi connectivity index (χ4n) is 16.7. The Hall–Kier alpha value is -3.62. The van der Waals surface area contributed by atoms with Gasteiger partial charge in [-0.15, -0.1) is 23.5 Å². The second-order valence-electron chi connectivity index (χ2n) is 23.0. The molecule has 8 fully saturated rings. The third kappa shape index (κ3) is 6.00. The van der Waals surface area contributed by atoms with E-state index < -0.39 is 0 Å². The first-order valence-corrected chi connectivity index (χ1v) is 28.1. The Morgan fingerprint density at radius 1 is 0.485 bits per heavy atom. The van der Waals surface area contributed by atoms with Gasteiger partial charge in [0, 0.05) is 86.9 Å². The lowest BCUT2D eigenvalue weighted by Gasteiger charge is -2.36. The van der Waals surface area contributed by atoms with Crippen LogP contribution in [0.25, 0.3) is 43.1 Å². The molecule has 66 heavy (non-hydrogen) atoms. The largest absolute Gasteiger partial charge is 0.274 e. The molecule has 0 radical (unpaired) electrons. The lowest BCUT2D eigenvalue weighted by Crippen LogP contribution is -2.41. The average molecular weight is 919 g/mol. The summed E-state index contributed by atoms with van der Waals surface area (Å²) >= 11 is 4.10. The van der Waals surface area contributed by atoms with Crippen LogP contribution in [0.2, 0.25) is 0 Å². The standard InChI is InChI=1S/C58H66N2O4S2/c1-5-31(6-2)11-9-17-59-53(61)41-15-13-39-50-46(66-58-29-35-20-36(30-58)24-38(58)23-35)26-44-48-42(54(62)60(56(44)64)18-10-12-32(7-3)8-4)16-14-40(52(48)50)49-45(25-43(55(59)63)47(41)51(39)49)65-57-27-33-19-34(28-57)22-37(57)21-33/h13-16,25-26,31-38H,5-12,17-24,27-30H2,1-4H3. The van der Waals surface area contributed by atoms with Crippen molar-refractivity contribution in [1.82, 2.24) is 9.80 Å². The van der Waals surface area contributed by atoms with Crippen LogP contribution in [0.1, 0.15) is 185 Å². The number of nitrogens with zero attached hydrogens (tertiary/aromatic N) is 2. The minimum absolute atomic E-state index is 0.138. The highest BCUT2D eigenvalue weighted by Gasteiger charge is 2.60. The van der Waals surface area contributed by atoms with Gasteiger partial charge in [-0.1, -0.05) is 65.5 Å². The summed E-state index contributed by atoms with van der Waals surface area (Å²) < 4.78 is 0.277. The van der Waals surface area contributed by atoms with Crippen molar-refractivity contribution in [2.75, 3.05) is 13.1 Å². The average Bonchev–Trinajstić information content (AvgIpc) is 3.90. The zero-order chi connectivity index (χ0) is 45.0. The van der Waals surface area contributed by atoms with Crippen molar-refractivity contribution in [2.24, 2.45) is 47.3 Å². The van der Waals surface area contributed by atoms with Gasteiger partial charge >= 0.3 is 0 Å². The summed E-state index contributed by atoms with van der Waals surface area (Å²) in [6, 6.07) is 12.8. The summed E-state index contributed by atoms with van der Waals surface area (Å²) in [5.41, 5.74) is 2.61. The van der Waals surface area contributed by atoms with E-state index in [1.54, 1.807) is 9.80 Å². The highest BCUT2D eigenvalue weighted by molar-refractivity contribution is 8.01. The summed E-state index contributed by atoms with van der Waals surface area (Å²) in [4.78, 5) is 65.3. The van der Waals surface area contributed by atoms with Crippen molar-refractivity contribution in [1.29, 1.82) is 0 Å². The Labute approximate surface area is 398 Å². The Kier molecular flexibility index (Phi) is 9.94. The molecule has 8 aliphatic carbocycles. The Morgan fingerprint density at radius 3 is 1.21 bits per heavy atom. The molecule has 15 rings (SSSR count). The van der Waals surface area contributed by atoms with Crippen LogP contribution in [-0.2, 0) is 0 Å². The summed E-state index contributed by atoms with van der Waals surface area (Å²) in [6.07, 6.45) is 20.9. The van der Waals surface area contributed by atoms with E-state index in [9.17, 15) is 9.59 Å². The maximum Gasteiger partial charge on any atom is 0.261 e. The maximum absolute atomic E-state index is 15.1. The van der Waals surface area contributed by atoms with Gasteiger partial charge in [0.2, 0.25) is 0 Å². The molecule has 10 aliphatic rings. The van der Waals surface area contributed by atoms with Crippen molar-refractivity contribution in [2.45, 2.75) is 163 Å². The molecule has 4 unspecified atom stereocenters. The van der Waals surface area contributed by atoms with Gasteiger partial charge in [-0.3, -0.25) is 29.0 Å². The van der Waals surface area contributed by atoms with Gasteiger partial charge < -0.3 is 0 Å². The molecule has 344 valence electrons. The van der Waals surface area contributed by atoms with E-state index >= 15 is 9.59 Å². The molecule has 0 saturated heterocycles. The van der Waals surface area contributed by atoms with E-state index in [-0.39, 0.29) is 33.1 Å². The smallest absolute Gasteiger partial charge is 0.261 e. The predicted octanol–water partition coefficient (Wildman–Crippen LogP) is 14.7. The lowest BCUT2D eigenvalue weighted by atomic mass is 9.82. The molecular weight excluding hydrogens is 853 g/mol. The topological polar surface area (TPSA) is 74.8 Å². The molecule has 2 heterocycles. The molecule has 8 saturated carbocycles. The second-order valence-corrected chi connectivity index (χ2v) is 25.9. The fourth-order valence-corrected chi connectivity index (χ4v) is 20.6. The summed E-state index contributed by atoms with van der Waals surface area (Å²) in [5.74, 6) is 4.99. The molecule has 5 aromatic rings. The van der Waals surface area contributed by atoms with E-state index in [0.717, 1.165) is 128 Å². The van der Waals surface area contributed by atoms with Gasteiger partial charge in [0.05, 0.1) is 0 Å². The number of carbonyl (C=O) groups is 4. The molecule has 2 aliphatic heterocycles. The fraction of sp³-hybridized carbons (Fsp3) is 0.586. The molecular formula is C58H66N2O4S2. The van der Waals surface area contributed by atoms with Gasteiger partial charge in [-0.2, -0.15) is 0 Å². The first-order chi connectivity index (χ1) is 32.1. The molecule has 0 spiro atoms. The van der Waals surface area contributed by atoms with E-state index in [0.29, 0.717) is 59.0 Å². The molecule has 8 heteroatoms. The third-order valence-corrected chi connectivity index (χ3v) is 22.9. The molecule has 4 atom stereocenters. The molecule has 5 aromatic carbocycles. The maximum atomic E-state index is 15.1. The van der Waals surface area contributed by atoms with E-state index in [4.69, 9.17) is 0 Å². The molecule has 8 bridgehead atoms. The number of hydrogen-bond acceptors (Lipinski definition) is 6. The molecule has 6 nitrogen and oxygen atoms in total.